The molecule has 0 rings (SSSR count). The molecule has 0 spiro atoms. The fraction of sp³-hybridized carbons (Fsp3) is 1.00. The van der Waals surface area contributed by atoms with E-state index in [0.717, 1.165) is 0 Å². The zero-order valence-electron chi connectivity index (χ0n) is 9.97. The van der Waals surface area contributed by atoms with Gasteiger partial charge in [-0.2, -0.15) is 0 Å². The number of rotatable bonds is 3. The van der Waals surface area contributed by atoms with Crippen LogP contribution < -0.4 is 0 Å². The van der Waals surface area contributed by atoms with E-state index in [1.807, 2.05) is 48.5 Å². The van der Waals surface area contributed by atoms with Crippen molar-refractivity contribution in [1.82, 2.24) is 0 Å². The number of hydrogen-bond donors (Lipinski definition) is 0. The van der Waals surface area contributed by atoms with Crippen molar-refractivity contribution in [3.8, 4) is 0 Å². The second kappa shape index (κ2) is 4.44. The first-order valence-corrected chi connectivity index (χ1v) is 9.84. The van der Waals surface area contributed by atoms with E-state index in [-0.39, 0.29) is 12.9 Å². The molecule has 0 radical (unpaired) electrons. The Morgan fingerprint density at radius 3 is 1.38 bits per heavy atom. The van der Waals surface area contributed by atoms with Crippen molar-refractivity contribution in [2.45, 2.75) is 61.3 Å². The van der Waals surface area contributed by atoms with Gasteiger partial charge in [0.1, 0.15) is 0 Å². The van der Waals surface area contributed by atoms with Crippen molar-refractivity contribution in [2.24, 2.45) is 0 Å². The van der Waals surface area contributed by atoms with Gasteiger partial charge >= 0.3 is 87.7 Å². The van der Waals surface area contributed by atoms with Gasteiger partial charge in [-0.1, -0.05) is 0 Å². The van der Waals surface area contributed by atoms with Gasteiger partial charge < -0.3 is 0 Å². The third-order valence-electron chi connectivity index (χ3n) is 2.08. The standard InChI is InChI=1S/C4H9O.2C3H7.O.Zr/c1-4(2,3)5;2*1-3-2;;/h1-3H3;2*3H,1-2H3;;/q-1;;;;+1. The van der Waals surface area contributed by atoms with Crippen molar-refractivity contribution in [2.75, 3.05) is 0 Å². The van der Waals surface area contributed by atoms with Crippen LogP contribution in [0.1, 0.15) is 48.5 Å². The van der Waals surface area contributed by atoms with Crippen LogP contribution in [0.15, 0.2) is 0 Å². The topological polar surface area (TPSA) is 26.3 Å². The maximum absolute atomic E-state index is 12.5. The molecule has 79 valence electrons. The molecule has 0 aliphatic heterocycles. The maximum atomic E-state index is 12.5. The molecule has 3 heteroatoms. The van der Waals surface area contributed by atoms with E-state index in [1.165, 1.54) is 0 Å². The van der Waals surface area contributed by atoms with Crippen LogP contribution in [-0.2, 0) is 26.3 Å². The molecule has 0 heterocycles. The van der Waals surface area contributed by atoms with Crippen LogP contribution in [0.25, 0.3) is 0 Å². The number of hydrogen-bond acceptors (Lipinski definition) is 2. The molecule has 0 aromatic rings. The van der Waals surface area contributed by atoms with E-state index in [4.69, 9.17) is 2.81 Å². The average Bonchev–Trinajstić information content (AvgIpc) is 1.82. The molecular formula is C10H23O2Zr. The molecule has 13 heavy (non-hydrogen) atoms. The average molecular weight is 267 g/mol. The Balaban J connectivity index is 4.74. The quantitative estimate of drug-likeness (QED) is 0.775. The van der Waals surface area contributed by atoms with Crippen LogP contribution in [0.4, 0.5) is 0 Å². The van der Waals surface area contributed by atoms with Crippen LogP contribution in [0, 0.1) is 0 Å². The predicted molar refractivity (Wildman–Crippen MR) is 51.7 cm³/mol. The van der Waals surface area contributed by atoms with Crippen molar-refractivity contribution in [1.29, 1.82) is 0 Å². The van der Waals surface area contributed by atoms with Crippen molar-refractivity contribution >= 4 is 0 Å². The SMILES string of the molecule is C[CH](C)[Zr](=[O])([O]C(C)(C)C)[CH](C)C. The third-order valence-corrected chi connectivity index (χ3v) is 12.3. The van der Waals surface area contributed by atoms with Gasteiger partial charge in [0.25, 0.3) is 0 Å². The van der Waals surface area contributed by atoms with Crippen LogP contribution >= 0.6 is 0 Å². The van der Waals surface area contributed by atoms with Gasteiger partial charge in [-0.3, -0.25) is 0 Å². The zero-order valence-corrected chi connectivity index (χ0v) is 12.4. The van der Waals surface area contributed by atoms with Crippen LogP contribution in [0.2, 0.25) is 7.25 Å². The molecule has 0 aromatic heterocycles. The molecule has 0 atom stereocenters. The first-order valence-electron chi connectivity index (χ1n) is 5.00. The van der Waals surface area contributed by atoms with Crippen molar-refractivity contribution < 1.29 is 26.3 Å². The van der Waals surface area contributed by atoms with Crippen molar-refractivity contribution in [3.05, 3.63) is 0 Å². The van der Waals surface area contributed by atoms with Crippen molar-refractivity contribution in [3.63, 3.8) is 0 Å². The molecule has 0 aliphatic rings. The Labute approximate surface area is 87.5 Å². The van der Waals surface area contributed by atoms with E-state index in [0.29, 0.717) is 0 Å². The normalized spacial score (nSPS) is 14.2. The summed E-state index contributed by atoms with van der Waals surface area (Å²) < 4.78 is 18.7. The van der Waals surface area contributed by atoms with Gasteiger partial charge in [-0.15, -0.1) is 0 Å². The fourth-order valence-electron chi connectivity index (χ4n) is 1.38. The molecule has 0 amide bonds. The Morgan fingerprint density at radius 1 is 1.00 bits per heavy atom. The summed E-state index contributed by atoms with van der Waals surface area (Å²) in [4.78, 5) is 0. The molecule has 0 N–H and O–H groups in total. The van der Waals surface area contributed by atoms with Gasteiger partial charge in [0.05, 0.1) is 0 Å². The molecule has 0 aliphatic carbocycles. The Hall–Kier alpha value is 0.643. The van der Waals surface area contributed by atoms with E-state index < -0.39 is 20.7 Å². The molecule has 0 unspecified atom stereocenters. The fourth-order valence-corrected chi connectivity index (χ4v) is 8.17. The van der Waals surface area contributed by atoms with Crippen LogP contribution in [0.5, 0.6) is 0 Å². The van der Waals surface area contributed by atoms with Crippen LogP contribution in [0.3, 0.4) is 0 Å². The Bertz CT molecular complexity index is 189. The van der Waals surface area contributed by atoms with Gasteiger partial charge in [-0.25, -0.2) is 0 Å². The molecule has 2 nitrogen and oxygen atoms in total. The second-order valence-electron chi connectivity index (χ2n) is 5.25. The zero-order chi connectivity index (χ0) is 10.9. The molecule has 0 bridgehead atoms. The summed E-state index contributed by atoms with van der Waals surface area (Å²) in [6, 6.07) is 0. The van der Waals surface area contributed by atoms with E-state index in [9.17, 15) is 2.81 Å². The Morgan fingerprint density at radius 2 is 1.31 bits per heavy atom. The predicted octanol–water partition coefficient (Wildman–Crippen LogP) is 3.87. The summed E-state index contributed by atoms with van der Waals surface area (Å²) in [7, 11) is 0. The first-order chi connectivity index (χ1) is 5.59. The monoisotopic (exact) mass is 265 g/mol. The summed E-state index contributed by atoms with van der Waals surface area (Å²) in [6.45, 7) is 14.0. The molecule has 0 fully saturated rings. The first kappa shape index (κ1) is 13.6. The van der Waals surface area contributed by atoms with Gasteiger partial charge in [0.2, 0.25) is 0 Å². The summed E-state index contributed by atoms with van der Waals surface area (Å²) in [6.07, 6.45) is 0. The third kappa shape index (κ3) is 4.12. The summed E-state index contributed by atoms with van der Waals surface area (Å²) in [5, 5.41) is 0. The van der Waals surface area contributed by atoms with Gasteiger partial charge in [0.15, 0.2) is 0 Å². The molecule has 0 aromatic carbocycles. The minimum absolute atomic E-state index is 0.202. The van der Waals surface area contributed by atoms with Gasteiger partial charge in [-0.05, 0) is 0 Å². The molecule has 0 saturated carbocycles. The summed E-state index contributed by atoms with van der Waals surface area (Å²) in [5.41, 5.74) is -0.271. The summed E-state index contributed by atoms with van der Waals surface area (Å²) >= 11 is -3.57. The molecule has 0 saturated heterocycles. The van der Waals surface area contributed by atoms with E-state index >= 15 is 0 Å². The second-order valence-corrected chi connectivity index (χ2v) is 15.0. The van der Waals surface area contributed by atoms with Crippen LogP contribution in [-0.4, -0.2) is 5.60 Å². The minimum atomic E-state index is -3.57. The summed E-state index contributed by atoms with van der Waals surface area (Å²) in [5.74, 6) is 0. The van der Waals surface area contributed by atoms with E-state index in [2.05, 4.69) is 0 Å². The molecular weight excluding hydrogens is 243 g/mol. The van der Waals surface area contributed by atoms with Gasteiger partial charge in [0, 0.05) is 0 Å². The van der Waals surface area contributed by atoms with E-state index in [1.54, 1.807) is 0 Å². The Kier molecular flexibility index (Phi) is 4.66.